The highest BCUT2D eigenvalue weighted by molar-refractivity contribution is 5.77. The van der Waals surface area contributed by atoms with E-state index in [1.54, 1.807) is 18.2 Å². The van der Waals surface area contributed by atoms with Crippen molar-refractivity contribution in [2.24, 2.45) is 41.2 Å². The van der Waals surface area contributed by atoms with Crippen molar-refractivity contribution in [1.82, 2.24) is 0 Å². The number of primary amides is 1. The molecule has 2 aliphatic rings. The summed E-state index contributed by atoms with van der Waals surface area (Å²) in [7, 11) is 0. The van der Waals surface area contributed by atoms with Crippen LogP contribution in [-0.2, 0) is 14.3 Å². The molecule has 1 fully saturated rings. The Balaban J connectivity index is 2.30. The van der Waals surface area contributed by atoms with Crippen LogP contribution >= 0.6 is 0 Å². The zero-order valence-electron chi connectivity index (χ0n) is 21.7. The van der Waals surface area contributed by atoms with Crippen LogP contribution in [0.25, 0.3) is 0 Å². The van der Waals surface area contributed by atoms with Crippen molar-refractivity contribution in [2.45, 2.75) is 97.4 Å². The van der Waals surface area contributed by atoms with E-state index in [0.717, 1.165) is 32.1 Å². The van der Waals surface area contributed by atoms with E-state index in [4.69, 9.17) is 10.5 Å². The molecule has 0 spiro atoms. The Morgan fingerprint density at radius 3 is 2.37 bits per heavy atom. The summed E-state index contributed by atoms with van der Waals surface area (Å²) < 4.78 is 5.82. The molecule has 0 aromatic heterocycles. The molecule has 7 heteroatoms. The molecular formula is C28H44N2O5. The van der Waals surface area contributed by atoms with Crippen molar-refractivity contribution in [1.29, 1.82) is 5.26 Å². The van der Waals surface area contributed by atoms with E-state index >= 15 is 0 Å². The van der Waals surface area contributed by atoms with Crippen molar-refractivity contribution >= 4 is 11.9 Å². The van der Waals surface area contributed by atoms with E-state index in [-0.39, 0.29) is 36.0 Å². The van der Waals surface area contributed by atoms with Gasteiger partial charge in [0.25, 0.3) is 0 Å². The first-order chi connectivity index (χ1) is 16.5. The minimum absolute atomic E-state index is 0.0667. The summed E-state index contributed by atoms with van der Waals surface area (Å²) in [4.78, 5) is 24.8. The summed E-state index contributed by atoms with van der Waals surface area (Å²) in [6, 6.07) is 2.12. The number of hydrogen-bond donors (Lipinski definition) is 3. The molecule has 4 N–H and O–H groups in total. The first-order valence-corrected chi connectivity index (χ1v) is 13.1. The van der Waals surface area contributed by atoms with E-state index < -0.39 is 24.3 Å². The van der Waals surface area contributed by atoms with Crippen molar-refractivity contribution in [3.8, 4) is 6.07 Å². The van der Waals surface area contributed by atoms with E-state index in [2.05, 4.69) is 19.9 Å². The van der Waals surface area contributed by atoms with Crippen molar-refractivity contribution in [3.63, 3.8) is 0 Å². The number of esters is 1. The maximum absolute atomic E-state index is 12.8. The van der Waals surface area contributed by atoms with Gasteiger partial charge in [0.2, 0.25) is 5.91 Å². The monoisotopic (exact) mass is 488 g/mol. The summed E-state index contributed by atoms with van der Waals surface area (Å²) in [6.45, 7) is 8.21. The molecule has 1 aliphatic heterocycles. The summed E-state index contributed by atoms with van der Waals surface area (Å²) in [5, 5.41) is 31.1. The molecule has 0 saturated heterocycles. The summed E-state index contributed by atoms with van der Waals surface area (Å²) >= 11 is 0. The van der Waals surface area contributed by atoms with Crippen LogP contribution in [-0.4, -0.2) is 40.4 Å². The first-order valence-electron chi connectivity index (χ1n) is 13.1. The highest BCUT2D eigenvalue weighted by Gasteiger charge is 2.38. The molecule has 0 bridgehead atoms. The SMILES string of the molecule is C[C@@H]1C[C@H](C)C[C@H](C)[C@@H](O)/C(C#N)=C\C=C\C[C@H](C2CCC[C@@H]2C(N)=O)OC(=O)C[C@@H](O)[C@H](C)C1. The number of nitrogens with two attached hydrogens (primary N) is 1. The predicted molar refractivity (Wildman–Crippen MR) is 134 cm³/mol. The van der Waals surface area contributed by atoms with Gasteiger partial charge in [0.1, 0.15) is 6.10 Å². The van der Waals surface area contributed by atoms with Crippen LogP contribution in [0.5, 0.6) is 0 Å². The quantitative estimate of drug-likeness (QED) is 0.502. The minimum atomic E-state index is -0.857. The second-order valence-electron chi connectivity index (χ2n) is 11.1. The molecule has 1 saturated carbocycles. The van der Waals surface area contributed by atoms with E-state index in [9.17, 15) is 25.1 Å². The fourth-order valence-corrected chi connectivity index (χ4v) is 6.01. The summed E-state index contributed by atoms with van der Waals surface area (Å²) in [5.41, 5.74) is 5.92. The average molecular weight is 489 g/mol. The average Bonchev–Trinajstić information content (AvgIpc) is 3.27. The van der Waals surface area contributed by atoms with Crippen LogP contribution in [0.1, 0.15) is 79.1 Å². The molecule has 2 rings (SSSR count). The minimum Gasteiger partial charge on any atom is -0.462 e. The number of ether oxygens (including phenoxy) is 1. The fourth-order valence-electron chi connectivity index (χ4n) is 6.01. The smallest absolute Gasteiger partial charge is 0.308 e. The van der Waals surface area contributed by atoms with Gasteiger partial charge in [-0.25, -0.2) is 0 Å². The van der Waals surface area contributed by atoms with Crippen LogP contribution in [0.4, 0.5) is 0 Å². The Hall–Kier alpha value is -2.17. The Bertz CT molecular complexity index is 817. The van der Waals surface area contributed by atoms with Gasteiger partial charge in [-0.3, -0.25) is 9.59 Å². The van der Waals surface area contributed by atoms with Gasteiger partial charge in [0.15, 0.2) is 0 Å². The molecule has 9 atom stereocenters. The zero-order chi connectivity index (χ0) is 26.1. The van der Waals surface area contributed by atoms with Gasteiger partial charge in [0.05, 0.1) is 30.3 Å². The van der Waals surface area contributed by atoms with Gasteiger partial charge in [-0.2, -0.15) is 5.26 Å². The number of amides is 1. The maximum Gasteiger partial charge on any atom is 0.308 e. The Morgan fingerprint density at radius 1 is 1.09 bits per heavy atom. The predicted octanol–water partition coefficient (Wildman–Crippen LogP) is 4.04. The molecule has 7 nitrogen and oxygen atoms in total. The first kappa shape index (κ1) is 29.1. The van der Waals surface area contributed by atoms with Crippen molar-refractivity contribution in [3.05, 3.63) is 23.8 Å². The largest absolute Gasteiger partial charge is 0.462 e. The maximum atomic E-state index is 12.8. The number of nitrogens with zero attached hydrogens (tertiary/aromatic N) is 1. The lowest BCUT2D eigenvalue weighted by molar-refractivity contribution is -0.156. The molecule has 1 aliphatic carbocycles. The molecule has 196 valence electrons. The lowest BCUT2D eigenvalue weighted by Gasteiger charge is -2.28. The van der Waals surface area contributed by atoms with Crippen LogP contribution in [0, 0.1) is 46.8 Å². The molecular weight excluding hydrogens is 444 g/mol. The van der Waals surface area contributed by atoms with Gasteiger partial charge < -0.3 is 20.7 Å². The molecule has 1 unspecified atom stereocenters. The lowest BCUT2D eigenvalue weighted by atomic mass is 9.82. The standard InChI is InChI=1S/C28H44N2O5/c1-17-12-18(2)14-20(4)27(33)21(16-29)8-5-6-11-25(22-9-7-10-23(22)28(30)34)35-26(32)15-24(31)19(3)13-17/h5-6,8,17-20,22-25,27,31,33H,7,9-15H2,1-4H3,(H2,30,34)/b6-5+,21-8-/t17-,18+,19-,20+,22?,23+,24-,25-,27-/m1/s1. The number of allylic oxidation sites excluding steroid dienone is 2. The third-order valence-corrected chi connectivity index (χ3v) is 7.85. The van der Waals surface area contributed by atoms with Gasteiger partial charge in [-0.1, -0.05) is 46.3 Å². The molecule has 0 aromatic carbocycles. The summed E-state index contributed by atoms with van der Waals surface area (Å²) in [6.07, 6.45) is 7.96. The Morgan fingerprint density at radius 2 is 1.74 bits per heavy atom. The Labute approximate surface area is 210 Å². The molecule has 1 amide bonds. The molecule has 0 radical (unpaired) electrons. The highest BCUT2D eigenvalue weighted by atomic mass is 16.5. The lowest BCUT2D eigenvalue weighted by Crippen LogP contribution is -2.36. The number of aliphatic hydroxyl groups is 2. The number of rotatable bonds is 2. The number of hydrogen-bond acceptors (Lipinski definition) is 6. The van der Waals surface area contributed by atoms with E-state index in [1.807, 2.05) is 13.8 Å². The Kier molecular flexibility index (Phi) is 11.5. The molecule has 0 aromatic rings. The van der Waals surface area contributed by atoms with Crippen LogP contribution < -0.4 is 5.73 Å². The number of carbonyl (C=O) groups excluding carboxylic acids is 2. The fraction of sp³-hybridized carbons (Fsp3) is 0.750. The highest BCUT2D eigenvalue weighted by Crippen LogP contribution is 2.37. The van der Waals surface area contributed by atoms with Crippen molar-refractivity contribution < 1.29 is 24.5 Å². The molecule has 35 heavy (non-hydrogen) atoms. The topological polar surface area (TPSA) is 134 Å². The van der Waals surface area contributed by atoms with Crippen molar-refractivity contribution in [2.75, 3.05) is 0 Å². The third kappa shape index (κ3) is 8.77. The second kappa shape index (κ2) is 13.8. The van der Waals surface area contributed by atoms with Crippen LogP contribution in [0.3, 0.4) is 0 Å². The van der Waals surface area contributed by atoms with Gasteiger partial charge in [-0.05, 0) is 61.9 Å². The molecule has 1 heterocycles. The van der Waals surface area contributed by atoms with E-state index in [1.165, 1.54) is 0 Å². The number of nitriles is 1. The van der Waals surface area contributed by atoms with Gasteiger partial charge in [0, 0.05) is 18.3 Å². The zero-order valence-corrected chi connectivity index (χ0v) is 21.7. The van der Waals surface area contributed by atoms with E-state index in [0.29, 0.717) is 30.3 Å². The van der Waals surface area contributed by atoms with Gasteiger partial charge in [-0.15, -0.1) is 0 Å². The number of carbonyl (C=O) groups is 2. The van der Waals surface area contributed by atoms with Crippen LogP contribution in [0.15, 0.2) is 23.8 Å². The number of aliphatic hydroxyl groups excluding tert-OH is 2. The number of cyclic esters (lactones) is 1. The third-order valence-electron chi connectivity index (χ3n) is 7.85. The second-order valence-corrected chi connectivity index (χ2v) is 11.1. The van der Waals surface area contributed by atoms with Gasteiger partial charge >= 0.3 is 5.97 Å². The summed E-state index contributed by atoms with van der Waals surface area (Å²) in [5.74, 6) is -0.824. The normalized spacial score (nSPS) is 40.9. The van der Waals surface area contributed by atoms with Crippen LogP contribution in [0.2, 0.25) is 0 Å².